The van der Waals surface area contributed by atoms with Crippen LogP contribution in [0, 0.1) is 5.92 Å². The van der Waals surface area contributed by atoms with Gasteiger partial charge in [0.05, 0.1) is 6.61 Å². The molecule has 1 aliphatic rings. The Morgan fingerprint density at radius 3 is 1.70 bits per heavy atom. The van der Waals surface area contributed by atoms with E-state index in [0.29, 0.717) is 6.42 Å². The summed E-state index contributed by atoms with van der Waals surface area (Å²) >= 11 is 0. The van der Waals surface area contributed by atoms with Gasteiger partial charge in [0.15, 0.2) is 0 Å². The molecule has 0 N–H and O–H groups in total. The highest BCUT2D eigenvalue weighted by atomic mass is 16.6. The lowest BCUT2D eigenvalue weighted by atomic mass is 9.79. The number of esters is 1. The number of fused-ring (bicyclic) bond motifs is 1. The lowest BCUT2D eigenvalue weighted by Crippen LogP contribution is -2.50. The summed E-state index contributed by atoms with van der Waals surface area (Å²) in [5, 5.41) is 2.38. The molecule has 5 aromatic carbocycles. The Morgan fingerprint density at radius 2 is 1.14 bits per heavy atom. The summed E-state index contributed by atoms with van der Waals surface area (Å²) in [5.74, 6) is -0.539. The van der Waals surface area contributed by atoms with Crippen molar-refractivity contribution in [2.24, 2.45) is 5.92 Å². The third-order valence-electron chi connectivity index (χ3n) is 7.34. The van der Waals surface area contributed by atoms with Crippen LogP contribution < -0.4 is 0 Å². The van der Waals surface area contributed by atoms with Gasteiger partial charge in [-0.25, -0.2) is 0 Å². The molecule has 182 valence electrons. The molecule has 0 unspecified atom stereocenters. The molecule has 1 heterocycles. The fourth-order valence-electron chi connectivity index (χ4n) is 5.43. The van der Waals surface area contributed by atoms with Crippen molar-refractivity contribution in [2.75, 3.05) is 6.61 Å². The Morgan fingerprint density at radius 1 is 0.622 bits per heavy atom. The summed E-state index contributed by atoms with van der Waals surface area (Å²) in [6.07, 6.45) is 0.439. The van der Waals surface area contributed by atoms with Crippen LogP contribution in [0.5, 0.6) is 0 Å². The van der Waals surface area contributed by atoms with Crippen LogP contribution in [0.2, 0.25) is 0 Å². The number of benzene rings is 5. The minimum Gasteiger partial charge on any atom is -0.461 e. The summed E-state index contributed by atoms with van der Waals surface area (Å²) in [4.78, 5) is 12.7. The Bertz CT molecular complexity index is 1390. The van der Waals surface area contributed by atoms with Crippen LogP contribution in [0.25, 0.3) is 10.8 Å². The molecular formula is C34H28O3. The summed E-state index contributed by atoms with van der Waals surface area (Å²) in [7, 11) is 0. The fraction of sp³-hybridized carbons (Fsp3) is 0.147. The van der Waals surface area contributed by atoms with E-state index in [4.69, 9.17) is 9.47 Å². The molecule has 0 saturated carbocycles. The molecule has 1 fully saturated rings. The zero-order valence-corrected chi connectivity index (χ0v) is 20.5. The molecule has 0 bridgehead atoms. The van der Waals surface area contributed by atoms with Gasteiger partial charge in [-0.2, -0.15) is 0 Å². The minimum atomic E-state index is -0.857. The SMILES string of the molecule is O=C1O[C@@H](Cc2cccc3ccccc23)[C@@H]1COC(c1ccccc1)(c1ccccc1)c1ccccc1. The highest BCUT2D eigenvalue weighted by molar-refractivity contribution is 5.86. The monoisotopic (exact) mass is 484 g/mol. The van der Waals surface area contributed by atoms with Crippen LogP contribution in [0.15, 0.2) is 133 Å². The molecule has 0 aliphatic carbocycles. The van der Waals surface area contributed by atoms with Crippen molar-refractivity contribution in [1.82, 2.24) is 0 Å². The van der Waals surface area contributed by atoms with Crippen LogP contribution >= 0.6 is 0 Å². The molecule has 5 aromatic rings. The van der Waals surface area contributed by atoms with Gasteiger partial charge in [-0.1, -0.05) is 133 Å². The van der Waals surface area contributed by atoms with Gasteiger partial charge >= 0.3 is 5.97 Å². The van der Waals surface area contributed by atoms with Gasteiger partial charge in [-0.15, -0.1) is 0 Å². The van der Waals surface area contributed by atoms with Crippen LogP contribution in [-0.4, -0.2) is 18.7 Å². The molecular weight excluding hydrogens is 456 g/mol. The third kappa shape index (κ3) is 4.32. The second-order valence-electron chi connectivity index (χ2n) is 9.51. The van der Waals surface area contributed by atoms with Crippen molar-refractivity contribution in [3.8, 4) is 0 Å². The second-order valence-corrected chi connectivity index (χ2v) is 9.51. The molecule has 3 heteroatoms. The van der Waals surface area contributed by atoms with Crippen molar-refractivity contribution in [1.29, 1.82) is 0 Å². The predicted octanol–water partition coefficient (Wildman–Crippen LogP) is 6.93. The molecule has 0 aromatic heterocycles. The third-order valence-corrected chi connectivity index (χ3v) is 7.34. The van der Waals surface area contributed by atoms with Crippen LogP contribution in [-0.2, 0) is 26.3 Å². The standard InChI is InChI=1S/C34H28O3/c35-33-31(32(37-33)23-26-15-12-14-25-13-10-11-22-30(25)26)24-36-34(27-16-4-1-5-17-27,28-18-6-2-7-19-28)29-20-8-3-9-21-29/h1-22,31-32H,23-24H2/t31-,32-/m0/s1. The average molecular weight is 485 g/mol. The van der Waals surface area contributed by atoms with Crippen molar-refractivity contribution in [3.63, 3.8) is 0 Å². The van der Waals surface area contributed by atoms with E-state index >= 15 is 0 Å². The normalized spacial score (nSPS) is 17.2. The zero-order chi connectivity index (χ0) is 25.1. The highest BCUT2D eigenvalue weighted by Gasteiger charge is 2.46. The summed E-state index contributed by atoms with van der Waals surface area (Å²) < 4.78 is 12.6. The summed E-state index contributed by atoms with van der Waals surface area (Å²) in [6, 6.07) is 45.4. The van der Waals surface area contributed by atoms with E-state index in [0.717, 1.165) is 16.7 Å². The predicted molar refractivity (Wildman–Crippen MR) is 146 cm³/mol. The minimum absolute atomic E-state index is 0.201. The van der Waals surface area contributed by atoms with Crippen LogP contribution in [0.3, 0.4) is 0 Å². The number of carbonyl (C=O) groups excluding carboxylic acids is 1. The van der Waals surface area contributed by atoms with E-state index < -0.39 is 5.60 Å². The summed E-state index contributed by atoms with van der Waals surface area (Å²) in [6.45, 7) is 0.257. The van der Waals surface area contributed by atoms with Gasteiger partial charge in [-0.3, -0.25) is 4.79 Å². The van der Waals surface area contributed by atoms with Gasteiger partial charge in [-0.05, 0) is 33.0 Å². The van der Waals surface area contributed by atoms with Crippen LogP contribution in [0.4, 0.5) is 0 Å². The first-order valence-electron chi connectivity index (χ1n) is 12.7. The summed E-state index contributed by atoms with van der Waals surface area (Å²) in [5.41, 5.74) is 3.38. The van der Waals surface area contributed by atoms with Crippen molar-refractivity contribution in [3.05, 3.63) is 156 Å². The number of hydrogen-bond donors (Lipinski definition) is 0. The zero-order valence-electron chi connectivity index (χ0n) is 20.5. The molecule has 3 nitrogen and oxygen atoms in total. The number of hydrogen-bond acceptors (Lipinski definition) is 3. The number of carbonyl (C=O) groups is 1. The van der Waals surface area contributed by atoms with Crippen molar-refractivity contribution in [2.45, 2.75) is 18.1 Å². The number of ether oxygens (including phenoxy) is 2. The lowest BCUT2D eigenvalue weighted by molar-refractivity contribution is -0.193. The Kier molecular flexibility index (Phi) is 6.30. The maximum atomic E-state index is 12.7. The Labute approximate surface area is 217 Å². The second kappa shape index (κ2) is 10.0. The van der Waals surface area contributed by atoms with Gasteiger partial charge in [0, 0.05) is 6.42 Å². The largest absolute Gasteiger partial charge is 0.461 e. The van der Waals surface area contributed by atoms with E-state index in [1.807, 2.05) is 66.7 Å². The maximum absolute atomic E-state index is 12.7. The topological polar surface area (TPSA) is 35.5 Å². The average Bonchev–Trinajstić information content (AvgIpc) is 2.97. The quantitative estimate of drug-likeness (QED) is 0.177. The Balaban J connectivity index is 1.34. The van der Waals surface area contributed by atoms with E-state index in [1.54, 1.807) is 0 Å². The molecule has 37 heavy (non-hydrogen) atoms. The number of cyclic esters (lactones) is 1. The first kappa shape index (κ1) is 23.2. The smallest absolute Gasteiger partial charge is 0.315 e. The van der Waals surface area contributed by atoms with Crippen LogP contribution in [0.1, 0.15) is 22.3 Å². The molecule has 0 radical (unpaired) electrons. The molecule has 2 atom stereocenters. The van der Waals surface area contributed by atoms with E-state index in [1.165, 1.54) is 16.3 Å². The molecule has 6 rings (SSSR count). The van der Waals surface area contributed by atoms with E-state index in [-0.39, 0.29) is 24.6 Å². The van der Waals surface area contributed by atoms with Crippen molar-refractivity contribution >= 4 is 16.7 Å². The van der Waals surface area contributed by atoms with Gasteiger partial charge in [0.2, 0.25) is 0 Å². The Hall–Kier alpha value is -4.21. The fourth-order valence-corrected chi connectivity index (χ4v) is 5.43. The number of rotatable bonds is 8. The maximum Gasteiger partial charge on any atom is 0.315 e. The first-order chi connectivity index (χ1) is 18.3. The van der Waals surface area contributed by atoms with Gasteiger partial charge in [0.25, 0.3) is 0 Å². The lowest BCUT2D eigenvalue weighted by Gasteiger charge is -2.40. The van der Waals surface area contributed by atoms with E-state index in [2.05, 4.69) is 66.7 Å². The van der Waals surface area contributed by atoms with Crippen molar-refractivity contribution < 1.29 is 14.3 Å². The van der Waals surface area contributed by atoms with Gasteiger partial charge in [0.1, 0.15) is 17.6 Å². The molecule has 1 aliphatic heterocycles. The van der Waals surface area contributed by atoms with E-state index in [9.17, 15) is 4.79 Å². The first-order valence-corrected chi connectivity index (χ1v) is 12.7. The highest BCUT2D eigenvalue weighted by Crippen LogP contribution is 2.42. The van der Waals surface area contributed by atoms with Gasteiger partial charge < -0.3 is 9.47 Å². The molecule has 1 saturated heterocycles. The molecule has 0 spiro atoms. The molecule has 0 amide bonds.